The van der Waals surface area contributed by atoms with E-state index in [0.717, 1.165) is 5.56 Å². The summed E-state index contributed by atoms with van der Waals surface area (Å²) in [6.07, 6.45) is 0.711. The van der Waals surface area contributed by atoms with Crippen LogP contribution in [0, 0.1) is 13.8 Å². The highest BCUT2D eigenvalue weighted by Gasteiger charge is 2.27. The van der Waals surface area contributed by atoms with Gasteiger partial charge in [-0.3, -0.25) is 9.59 Å². The van der Waals surface area contributed by atoms with E-state index in [1.165, 1.54) is 13.8 Å². The number of aromatic nitrogens is 1. The second kappa shape index (κ2) is 7.23. The van der Waals surface area contributed by atoms with Crippen molar-refractivity contribution in [1.82, 2.24) is 4.98 Å². The molecule has 1 N–H and O–H groups in total. The number of Topliss-reactive ketones (excluding diaryl/α,β-unsaturated/α-hetero) is 2. The lowest BCUT2D eigenvalue weighted by Gasteiger charge is -2.18. The molecule has 0 bridgehead atoms. The van der Waals surface area contributed by atoms with Gasteiger partial charge in [-0.2, -0.15) is 0 Å². The molecule has 1 aliphatic rings. The summed E-state index contributed by atoms with van der Waals surface area (Å²) in [7, 11) is 0. The smallest absolute Gasteiger partial charge is 0.338 e. The molecule has 1 aromatic carbocycles. The minimum Gasteiger partial charge on any atom is -0.488 e. The maximum absolute atomic E-state index is 12.7. The zero-order valence-electron chi connectivity index (χ0n) is 15.7. The van der Waals surface area contributed by atoms with Gasteiger partial charge in [-0.1, -0.05) is 18.2 Å². The molecule has 0 amide bonds. The number of aryl methyl sites for hydroxylation is 1. The third-order valence-electron chi connectivity index (χ3n) is 4.58. The summed E-state index contributed by atoms with van der Waals surface area (Å²) >= 11 is 0. The molecule has 6 heteroatoms. The van der Waals surface area contributed by atoms with Crippen LogP contribution in [-0.2, 0) is 9.53 Å². The molecule has 0 fully saturated rings. The number of carbonyl (C=O) groups excluding carboxylic acids is 3. The number of ether oxygens (including phenoxy) is 2. The Labute approximate surface area is 157 Å². The summed E-state index contributed by atoms with van der Waals surface area (Å²) in [6.45, 7) is 6.50. The molecule has 3 rings (SSSR count). The fraction of sp³-hybridized carbons (Fsp3) is 0.286. The van der Waals surface area contributed by atoms with Crippen LogP contribution in [0.4, 0.5) is 0 Å². The van der Waals surface area contributed by atoms with Crippen molar-refractivity contribution in [2.75, 3.05) is 6.61 Å². The normalized spacial score (nSPS) is 13.9. The number of hydrogen-bond donors (Lipinski definition) is 1. The number of ketones is 2. The van der Waals surface area contributed by atoms with Gasteiger partial charge in [0.15, 0.2) is 11.9 Å². The Kier molecular flexibility index (Phi) is 4.99. The van der Waals surface area contributed by atoms with Gasteiger partial charge in [0.25, 0.3) is 0 Å². The van der Waals surface area contributed by atoms with E-state index in [4.69, 9.17) is 9.47 Å². The van der Waals surface area contributed by atoms with Gasteiger partial charge in [0.1, 0.15) is 12.4 Å². The predicted octanol–water partition coefficient (Wildman–Crippen LogP) is 3.42. The van der Waals surface area contributed by atoms with E-state index in [2.05, 4.69) is 4.98 Å². The Morgan fingerprint density at radius 1 is 1.19 bits per heavy atom. The van der Waals surface area contributed by atoms with Crippen LogP contribution >= 0.6 is 0 Å². The number of nitrogens with one attached hydrogen (secondary N) is 1. The minimum absolute atomic E-state index is 0.0892. The molecule has 2 aromatic rings. The minimum atomic E-state index is -0.993. The Bertz CT molecular complexity index is 967. The van der Waals surface area contributed by atoms with Crippen molar-refractivity contribution >= 4 is 23.6 Å². The van der Waals surface area contributed by atoms with Crippen LogP contribution in [0.2, 0.25) is 0 Å². The molecular weight excluding hydrogens is 346 g/mol. The quantitative estimate of drug-likeness (QED) is 0.646. The van der Waals surface area contributed by atoms with Crippen LogP contribution in [0.3, 0.4) is 0 Å². The third-order valence-corrected chi connectivity index (χ3v) is 4.58. The first-order valence-electron chi connectivity index (χ1n) is 8.67. The number of para-hydroxylation sites is 1. The van der Waals surface area contributed by atoms with Crippen molar-refractivity contribution < 1.29 is 23.9 Å². The average Bonchev–Trinajstić information content (AvgIpc) is 2.94. The molecule has 27 heavy (non-hydrogen) atoms. The summed E-state index contributed by atoms with van der Waals surface area (Å²) in [5.74, 6) is -0.396. The van der Waals surface area contributed by atoms with Crippen molar-refractivity contribution in [2.24, 2.45) is 0 Å². The average molecular weight is 367 g/mol. The summed E-state index contributed by atoms with van der Waals surface area (Å²) in [6, 6.07) is 7.36. The highest BCUT2D eigenvalue weighted by molar-refractivity contribution is 6.06. The first-order chi connectivity index (χ1) is 12.8. The number of H-pyrrole nitrogens is 1. The lowest BCUT2D eigenvalue weighted by atomic mass is 10.0. The van der Waals surface area contributed by atoms with E-state index in [-0.39, 0.29) is 23.9 Å². The van der Waals surface area contributed by atoms with Crippen LogP contribution in [0.1, 0.15) is 51.5 Å². The monoisotopic (exact) mass is 367 g/mol. The lowest BCUT2D eigenvalue weighted by Crippen LogP contribution is -2.28. The van der Waals surface area contributed by atoms with Gasteiger partial charge in [0.2, 0.25) is 5.78 Å². The molecular formula is C21H21NO5. The number of benzene rings is 1. The molecule has 0 saturated carbocycles. The topological polar surface area (TPSA) is 85.5 Å². The zero-order chi connectivity index (χ0) is 19.7. The molecule has 140 valence electrons. The van der Waals surface area contributed by atoms with E-state index in [1.54, 1.807) is 19.9 Å². The zero-order valence-corrected chi connectivity index (χ0v) is 15.7. The van der Waals surface area contributed by atoms with Gasteiger partial charge >= 0.3 is 5.97 Å². The van der Waals surface area contributed by atoms with Gasteiger partial charge in [0, 0.05) is 16.8 Å². The molecule has 0 unspecified atom stereocenters. The Hall–Kier alpha value is -3.15. The van der Waals surface area contributed by atoms with Crippen molar-refractivity contribution in [3.63, 3.8) is 0 Å². The van der Waals surface area contributed by atoms with E-state index < -0.39 is 12.1 Å². The number of esters is 1. The maximum Gasteiger partial charge on any atom is 0.338 e. The number of rotatable bonds is 5. The van der Waals surface area contributed by atoms with Crippen LogP contribution in [0.5, 0.6) is 5.75 Å². The number of aromatic amines is 1. The van der Waals surface area contributed by atoms with E-state index in [1.807, 2.05) is 24.3 Å². The molecule has 0 aliphatic carbocycles. The van der Waals surface area contributed by atoms with Crippen LogP contribution in [0.15, 0.2) is 29.8 Å². The van der Waals surface area contributed by atoms with Gasteiger partial charge in [0.05, 0.1) is 11.3 Å². The molecule has 1 atom stereocenters. The van der Waals surface area contributed by atoms with Crippen LogP contribution in [0.25, 0.3) is 6.08 Å². The molecule has 6 nitrogen and oxygen atoms in total. The molecule has 1 aromatic heterocycles. The number of hydrogen-bond acceptors (Lipinski definition) is 5. The standard InChI is InChI=1S/C21H21NO5/c1-11-18(13(3)23)12(2)22-19(11)20(24)14(4)27-21(25)16-9-15-7-5-6-8-17(15)26-10-16/h5-9,14,22H,10H2,1-4H3/t14-/m0/s1. The molecule has 0 radical (unpaired) electrons. The molecule has 1 aliphatic heterocycles. The number of carbonyl (C=O) groups is 3. The molecule has 0 spiro atoms. The highest BCUT2D eigenvalue weighted by atomic mass is 16.5. The fourth-order valence-electron chi connectivity index (χ4n) is 3.25. The van der Waals surface area contributed by atoms with Crippen molar-refractivity contribution in [3.8, 4) is 5.75 Å². The third kappa shape index (κ3) is 3.56. The first-order valence-corrected chi connectivity index (χ1v) is 8.67. The van der Waals surface area contributed by atoms with Gasteiger partial charge < -0.3 is 14.5 Å². The highest BCUT2D eigenvalue weighted by Crippen LogP contribution is 2.26. The largest absolute Gasteiger partial charge is 0.488 e. The van der Waals surface area contributed by atoms with E-state index in [0.29, 0.717) is 28.1 Å². The van der Waals surface area contributed by atoms with Crippen molar-refractivity contribution in [1.29, 1.82) is 0 Å². The van der Waals surface area contributed by atoms with E-state index >= 15 is 0 Å². The summed E-state index contributed by atoms with van der Waals surface area (Å²) in [5, 5.41) is 0. The second-order valence-electron chi connectivity index (χ2n) is 6.59. The summed E-state index contributed by atoms with van der Waals surface area (Å²) in [4.78, 5) is 39.8. The maximum atomic E-state index is 12.7. The molecule has 0 saturated heterocycles. The fourth-order valence-corrected chi connectivity index (χ4v) is 3.25. The summed E-state index contributed by atoms with van der Waals surface area (Å²) in [5.41, 5.74) is 3.12. The second-order valence-corrected chi connectivity index (χ2v) is 6.59. The summed E-state index contributed by atoms with van der Waals surface area (Å²) < 4.78 is 10.9. The van der Waals surface area contributed by atoms with Gasteiger partial charge in [-0.15, -0.1) is 0 Å². The Morgan fingerprint density at radius 2 is 1.89 bits per heavy atom. The van der Waals surface area contributed by atoms with Gasteiger partial charge in [-0.25, -0.2) is 4.79 Å². The van der Waals surface area contributed by atoms with Crippen molar-refractivity contribution in [2.45, 2.75) is 33.8 Å². The van der Waals surface area contributed by atoms with Crippen molar-refractivity contribution in [3.05, 3.63) is 57.9 Å². The Morgan fingerprint density at radius 3 is 2.56 bits per heavy atom. The predicted molar refractivity (Wildman–Crippen MR) is 100 cm³/mol. The van der Waals surface area contributed by atoms with Gasteiger partial charge in [-0.05, 0) is 45.4 Å². The van der Waals surface area contributed by atoms with Crippen LogP contribution in [-0.4, -0.2) is 35.2 Å². The molecule has 2 heterocycles. The van der Waals surface area contributed by atoms with E-state index in [9.17, 15) is 14.4 Å². The first kappa shape index (κ1) is 18.6. The Balaban J connectivity index is 1.76. The number of fused-ring (bicyclic) bond motifs is 1. The SMILES string of the molecule is CC(=O)c1c(C)[nH]c(C(=O)[C@H](C)OC(=O)C2=Cc3ccccc3OC2)c1C. The lowest BCUT2D eigenvalue weighted by molar-refractivity contribution is -0.141. The van der Waals surface area contributed by atoms with Crippen LogP contribution < -0.4 is 4.74 Å².